The number of carbonyl (C=O) groups is 2. The normalized spacial score (nSPS) is 20.0. The zero-order valence-electron chi connectivity index (χ0n) is 29.6. The van der Waals surface area contributed by atoms with Crippen molar-refractivity contribution < 1.29 is 27.9 Å². The van der Waals surface area contributed by atoms with Crippen molar-refractivity contribution in [2.24, 2.45) is 5.92 Å². The average Bonchev–Trinajstić information content (AvgIpc) is 2.92. The summed E-state index contributed by atoms with van der Waals surface area (Å²) >= 11 is 0. The number of hydrogen-bond donors (Lipinski definition) is 1. The first-order valence-electron chi connectivity index (χ1n) is 16.5. The van der Waals surface area contributed by atoms with Crippen LogP contribution >= 0.6 is 0 Å². The summed E-state index contributed by atoms with van der Waals surface area (Å²) in [5.41, 5.74) is 2.90. The Morgan fingerprint density at radius 2 is 1.66 bits per heavy atom. The number of aryl methyl sites for hydroxylation is 1. The Balaban J connectivity index is 1.37. The predicted octanol–water partition coefficient (Wildman–Crippen LogP) is 9.09. The zero-order chi connectivity index (χ0) is 34.6. The van der Waals surface area contributed by atoms with Gasteiger partial charge >= 0.3 is 12.2 Å². The lowest BCUT2D eigenvalue weighted by Crippen LogP contribution is -2.49. The molecule has 5 rings (SSSR count). The molecular weight excluding hydrogens is 616 g/mol. The number of fused-ring (bicyclic) bond motifs is 2. The molecule has 0 bridgehead atoms. The third-order valence-electron chi connectivity index (χ3n) is 9.62. The van der Waals surface area contributed by atoms with Gasteiger partial charge in [-0.25, -0.2) is 19.0 Å². The molecule has 2 aromatic heterocycles. The second kappa shape index (κ2) is 12.5. The van der Waals surface area contributed by atoms with Gasteiger partial charge in [0.25, 0.3) is 0 Å². The van der Waals surface area contributed by atoms with Crippen LogP contribution in [-0.4, -0.2) is 54.8 Å². The van der Waals surface area contributed by atoms with Gasteiger partial charge in [0.05, 0.1) is 17.5 Å². The first kappa shape index (κ1) is 34.8. The predicted molar refractivity (Wildman–Crippen MR) is 186 cm³/mol. The monoisotopic (exact) mass is 664 g/mol. The van der Waals surface area contributed by atoms with E-state index in [4.69, 9.17) is 18.9 Å². The van der Waals surface area contributed by atoms with Crippen LogP contribution < -0.4 is 10.2 Å². The minimum atomic E-state index is -1.88. The Kier molecular flexibility index (Phi) is 9.22. The van der Waals surface area contributed by atoms with Crippen LogP contribution in [0.4, 0.5) is 25.5 Å². The van der Waals surface area contributed by atoms with Gasteiger partial charge < -0.3 is 13.9 Å². The lowest BCUT2D eigenvalue weighted by molar-refractivity contribution is -0.0243. The molecule has 1 atom stereocenters. The van der Waals surface area contributed by atoms with Crippen LogP contribution in [-0.2, 0) is 20.3 Å². The number of pyridine rings is 2. The van der Waals surface area contributed by atoms with Gasteiger partial charge in [-0.2, -0.15) is 0 Å². The Bertz CT molecular complexity index is 1710. The van der Waals surface area contributed by atoms with E-state index in [1.807, 2.05) is 27.7 Å². The van der Waals surface area contributed by atoms with E-state index in [-0.39, 0.29) is 23.2 Å². The highest BCUT2D eigenvalue weighted by Gasteiger charge is 2.43. The summed E-state index contributed by atoms with van der Waals surface area (Å²) in [6.45, 7) is 22.7. The molecule has 11 heteroatoms. The summed E-state index contributed by atoms with van der Waals surface area (Å²) in [6, 6.07) is 3.46. The molecular formula is C36H49FN4O5Si. The number of rotatable bonds is 5. The molecule has 0 radical (unpaired) electrons. The van der Waals surface area contributed by atoms with E-state index < -0.39 is 31.9 Å². The molecule has 9 nitrogen and oxygen atoms in total. The van der Waals surface area contributed by atoms with Crippen LogP contribution in [0, 0.1) is 25.6 Å². The number of halogens is 1. The van der Waals surface area contributed by atoms with Crippen molar-refractivity contribution >= 4 is 42.8 Å². The van der Waals surface area contributed by atoms with Crippen molar-refractivity contribution in [3.05, 3.63) is 47.2 Å². The maximum Gasteiger partial charge on any atom is 0.414 e. The number of benzene rings is 1. The molecule has 3 heterocycles. The second-order valence-electron chi connectivity index (χ2n) is 15.8. The summed E-state index contributed by atoms with van der Waals surface area (Å²) in [5, 5.41) is 4.18. The molecule has 2 aliphatic rings. The van der Waals surface area contributed by atoms with Crippen molar-refractivity contribution in [3.8, 4) is 11.1 Å². The topological polar surface area (TPSA) is 103 Å². The molecule has 1 unspecified atom stereocenters. The first-order valence-corrected chi connectivity index (χ1v) is 19.4. The molecule has 1 aromatic carbocycles. The van der Waals surface area contributed by atoms with Crippen LogP contribution in [0.25, 0.3) is 21.9 Å². The maximum atomic E-state index is 16.0. The van der Waals surface area contributed by atoms with Crippen LogP contribution in [0.3, 0.4) is 0 Å². The fraction of sp³-hybridized carbons (Fsp3) is 0.556. The van der Waals surface area contributed by atoms with Gasteiger partial charge in [0.2, 0.25) is 0 Å². The molecule has 0 spiro atoms. The fourth-order valence-electron chi connectivity index (χ4n) is 6.00. The van der Waals surface area contributed by atoms with Gasteiger partial charge in [-0.15, -0.1) is 0 Å². The summed E-state index contributed by atoms with van der Waals surface area (Å²) in [7, 11) is -1.88. The molecule has 47 heavy (non-hydrogen) atoms. The SMILES string of the molecule is Cc1c(-c2cc3cc(NC(=O)OC4CC(O[Si](C)(C)C(C)(C)C)C4)ncc3c(C)c2F)cnc2c1N(C(=O)OC(C)(C)C)CC(C)C2. The number of ether oxygens (including phenoxy) is 2. The lowest BCUT2D eigenvalue weighted by atomic mass is 9.91. The molecule has 1 N–H and O–H groups in total. The molecule has 3 aromatic rings. The first-order chi connectivity index (χ1) is 21.7. The van der Waals surface area contributed by atoms with Crippen LogP contribution in [0.5, 0.6) is 0 Å². The number of nitrogens with zero attached hydrogens (tertiary/aromatic N) is 3. The van der Waals surface area contributed by atoms with Gasteiger partial charge in [-0.05, 0) is 93.7 Å². The Hall–Kier alpha value is -3.57. The van der Waals surface area contributed by atoms with Crippen LogP contribution in [0.2, 0.25) is 18.1 Å². The largest absolute Gasteiger partial charge is 0.446 e. The van der Waals surface area contributed by atoms with Crippen LogP contribution in [0.15, 0.2) is 24.5 Å². The highest BCUT2D eigenvalue weighted by Crippen LogP contribution is 2.42. The maximum absolute atomic E-state index is 16.0. The molecule has 1 aliphatic heterocycles. The highest BCUT2D eigenvalue weighted by molar-refractivity contribution is 6.74. The quantitative estimate of drug-likeness (QED) is 0.272. The molecule has 2 amide bonds. The van der Waals surface area contributed by atoms with E-state index in [2.05, 4.69) is 51.1 Å². The van der Waals surface area contributed by atoms with Gasteiger partial charge in [0.15, 0.2) is 8.32 Å². The van der Waals surface area contributed by atoms with E-state index in [0.29, 0.717) is 64.8 Å². The number of aromatic nitrogens is 2. The second-order valence-corrected chi connectivity index (χ2v) is 20.5. The molecule has 1 saturated carbocycles. The number of hydrogen-bond acceptors (Lipinski definition) is 7. The summed E-state index contributed by atoms with van der Waals surface area (Å²) in [5.74, 6) is 0.105. The average molecular weight is 665 g/mol. The fourth-order valence-corrected chi connectivity index (χ4v) is 7.38. The summed E-state index contributed by atoms with van der Waals surface area (Å²) in [6.07, 6.45) is 4.15. The Labute approximate surface area is 278 Å². The lowest BCUT2D eigenvalue weighted by Gasteiger charge is -2.44. The smallest absolute Gasteiger partial charge is 0.414 e. The Morgan fingerprint density at radius 1 is 0.979 bits per heavy atom. The number of anilines is 2. The third kappa shape index (κ3) is 7.31. The van der Waals surface area contributed by atoms with E-state index in [9.17, 15) is 9.59 Å². The van der Waals surface area contributed by atoms with Crippen molar-refractivity contribution in [1.82, 2.24) is 9.97 Å². The van der Waals surface area contributed by atoms with Crippen molar-refractivity contribution in [2.45, 2.75) is 118 Å². The number of carbonyl (C=O) groups excluding carboxylic acids is 2. The Morgan fingerprint density at radius 3 is 2.30 bits per heavy atom. The van der Waals surface area contributed by atoms with Gasteiger partial charge in [-0.1, -0.05) is 27.7 Å². The third-order valence-corrected chi connectivity index (χ3v) is 14.2. The molecule has 254 valence electrons. The van der Waals surface area contributed by atoms with Gasteiger partial charge in [-0.3, -0.25) is 15.2 Å². The highest BCUT2D eigenvalue weighted by atomic mass is 28.4. The van der Waals surface area contributed by atoms with E-state index in [1.165, 1.54) is 0 Å². The van der Waals surface area contributed by atoms with Crippen molar-refractivity contribution in [3.63, 3.8) is 0 Å². The standard InChI is InChI=1S/C36H49FN4O5Si/c1-20-12-29-32(41(19-20)34(43)45-35(4,5)6)22(3)28(18-38-29)26-13-23-14-30(39-17-27(23)21(2)31(26)37)40-33(42)44-24-15-25(16-24)46-47(10,11)36(7,8)9/h13-14,17-18,20,24-25H,12,15-16,19H2,1-11H3,(H,39,40,42). The van der Waals surface area contributed by atoms with E-state index >= 15 is 4.39 Å². The van der Waals surface area contributed by atoms with Gasteiger partial charge in [0.1, 0.15) is 23.3 Å². The van der Waals surface area contributed by atoms with Crippen LogP contribution in [0.1, 0.15) is 78.1 Å². The van der Waals surface area contributed by atoms with Gasteiger partial charge in [0, 0.05) is 48.3 Å². The number of nitrogens with one attached hydrogen (secondary N) is 1. The zero-order valence-corrected chi connectivity index (χ0v) is 30.6. The minimum absolute atomic E-state index is 0.102. The van der Waals surface area contributed by atoms with E-state index in [1.54, 1.807) is 36.4 Å². The summed E-state index contributed by atoms with van der Waals surface area (Å²) < 4.78 is 33.8. The molecule has 1 aliphatic carbocycles. The molecule has 0 saturated heterocycles. The minimum Gasteiger partial charge on any atom is -0.446 e. The molecule has 1 fully saturated rings. The van der Waals surface area contributed by atoms with Crippen molar-refractivity contribution in [2.75, 3.05) is 16.8 Å². The summed E-state index contributed by atoms with van der Waals surface area (Å²) in [4.78, 5) is 36.8. The van der Waals surface area contributed by atoms with E-state index in [0.717, 1.165) is 11.3 Å². The van der Waals surface area contributed by atoms with Crippen molar-refractivity contribution in [1.29, 1.82) is 0 Å². The number of amides is 2.